The molecule has 2 rings (SSSR count). The van der Waals surface area contributed by atoms with Crippen LogP contribution in [-0.2, 0) is 0 Å². The fourth-order valence-corrected chi connectivity index (χ4v) is 2.66. The number of para-hydroxylation sites is 2. The molecule has 0 unspecified atom stereocenters. The van der Waals surface area contributed by atoms with Gasteiger partial charge in [0.1, 0.15) is 6.33 Å². The van der Waals surface area contributed by atoms with Gasteiger partial charge in [-0.2, -0.15) is 0 Å². The first-order chi connectivity index (χ1) is 6.42. The van der Waals surface area contributed by atoms with Gasteiger partial charge in [0.15, 0.2) is 0 Å². The molecule has 13 heavy (non-hydrogen) atoms. The van der Waals surface area contributed by atoms with Crippen molar-refractivity contribution in [3.05, 3.63) is 30.6 Å². The fraction of sp³-hybridized carbons (Fsp3) is 0.222. The molecule has 4 heteroatoms. The van der Waals surface area contributed by atoms with Crippen molar-refractivity contribution in [2.45, 2.75) is 6.92 Å². The number of benzene rings is 1. The summed E-state index contributed by atoms with van der Waals surface area (Å²) < 4.78 is 2.10. The number of aromatic nitrogens is 2. The van der Waals surface area contributed by atoms with Crippen LogP contribution in [0.2, 0.25) is 0 Å². The monoisotopic (exact) mass is 210 g/mol. The molecule has 0 bridgehead atoms. The minimum atomic E-state index is 1.06. The molecule has 0 spiro atoms. The van der Waals surface area contributed by atoms with E-state index in [2.05, 4.69) is 21.9 Å². The minimum absolute atomic E-state index is 1.06. The fourth-order valence-electron chi connectivity index (χ4n) is 1.11. The van der Waals surface area contributed by atoms with Gasteiger partial charge in [-0.25, -0.2) is 4.98 Å². The van der Waals surface area contributed by atoms with Crippen LogP contribution in [0.1, 0.15) is 6.92 Å². The van der Waals surface area contributed by atoms with Crippen molar-refractivity contribution in [3.63, 3.8) is 0 Å². The summed E-state index contributed by atoms with van der Waals surface area (Å²) in [6.45, 7) is 2.15. The molecule has 2 aromatic rings. The first kappa shape index (κ1) is 8.97. The maximum absolute atomic E-state index is 4.30. The molecule has 0 aliphatic heterocycles. The third-order valence-electron chi connectivity index (χ3n) is 1.67. The molecule has 0 saturated carbocycles. The molecule has 0 N–H and O–H groups in total. The Morgan fingerprint density at radius 3 is 3.08 bits per heavy atom. The van der Waals surface area contributed by atoms with E-state index in [0.717, 1.165) is 11.3 Å². The Balaban J connectivity index is 2.35. The van der Waals surface area contributed by atoms with Gasteiger partial charge in [-0.15, -0.1) is 0 Å². The quantitative estimate of drug-likeness (QED) is 0.724. The molecule has 0 saturated heterocycles. The van der Waals surface area contributed by atoms with Crippen molar-refractivity contribution >= 4 is 32.8 Å². The maximum atomic E-state index is 4.30. The zero-order valence-corrected chi connectivity index (χ0v) is 8.94. The van der Waals surface area contributed by atoms with Crippen LogP contribution in [0.5, 0.6) is 0 Å². The Morgan fingerprint density at radius 2 is 2.23 bits per heavy atom. The van der Waals surface area contributed by atoms with Crippen LogP contribution < -0.4 is 0 Å². The van der Waals surface area contributed by atoms with E-state index in [1.165, 1.54) is 5.52 Å². The molecular formula is C9H10N2S2. The average molecular weight is 210 g/mol. The molecule has 0 radical (unpaired) electrons. The third kappa shape index (κ3) is 1.84. The highest BCUT2D eigenvalue weighted by Gasteiger charge is 2.00. The lowest BCUT2D eigenvalue weighted by Crippen LogP contribution is -1.79. The summed E-state index contributed by atoms with van der Waals surface area (Å²) in [6.07, 6.45) is 1.87. The highest BCUT2D eigenvalue weighted by Crippen LogP contribution is 2.26. The summed E-state index contributed by atoms with van der Waals surface area (Å²) in [6, 6.07) is 8.17. The van der Waals surface area contributed by atoms with E-state index in [9.17, 15) is 0 Å². The van der Waals surface area contributed by atoms with Gasteiger partial charge < -0.3 is 0 Å². The van der Waals surface area contributed by atoms with Gasteiger partial charge in [0.25, 0.3) is 0 Å². The molecule has 0 fully saturated rings. The topological polar surface area (TPSA) is 17.8 Å². The van der Waals surface area contributed by atoms with E-state index < -0.39 is 0 Å². The van der Waals surface area contributed by atoms with Gasteiger partial charge in [-0.1, -0.05) is 29.9 Å². The molecule has 1 aromatic carbocycles. The normalized spacial score (nSPS) is 10.8. The van der Waals surface area contributed by atoms with Crippen molar-refractivity contribution in [2.75, 3.05) is 5.75 Å². The second kappa shape index (κ2) is 4.07. The van der Waals surface area contributed by atoms with Crippen molar-refractivity contribution < 1.29 is 0 Å². The summed E-state index contributed by atoms with van der Waals surface area (Å²) in [5, 5.41) is 0. The predicted octanol–water partition coefficient (Wildman–Crippen LogP) is 3.20. The largest absolute Gasteiger partial charge is 0.263 e. The molecule has 0 atom stereocenters. The minimum Gasteiger partial charge on any atom is -0.263 e. The SMILES string of the molecule is CCSSn1cnc2ccccc21. The van der Waals surface area contributed by atoms with Crippen LogP contribution in [0.3, 0.4) is 0 Å². The number of rotatable bonds is 3. The van der Waals surface area contributed by atoms with Crippen LogP contribution in [0.25, 0.3) is 11.0 Å². The van der Waals surface area contributed by atoms with Gasteiger partial charge >= 0.3 is 0 Å². The summed E-state index contributed by atoms with van der Waals surface area (Å²) >= 11 is 0. The first-order valence-corrected chi connectivity index (χ1v) is 6.41. The van der Waals surface area contributed by atoms with Crippen LogP contribution in [-0.4, -0.2) is 14.7 Å². The molecular weight excluding hydrogens is 200 g/mol. The Bertz CT molecular complexity index is 397. The summed E-state index contributed by atoms with van der Waals surface area (Å²) in [7, 11) is 3.55. The number of imidazole rings is 1. The van der Waals surface area contributed by atoms with E-state index >= 15 is 0 Å². The standard InChI is InChI=1S/C9H10N2S2/c1-2-12-13-11-7-10-8-5-3-4-6-9(8)11/h3-7H,2H2,1H3. The zero-order chi connectivity index (χ0) is 9.10. The Morgan fingerprint density at radius 1 is 1.38 bits per heavy atom. The van der Waals surface area contributed by atoms with Gasteiger partial charge in [-0.05, 0) is 12.1 Å². The van der Waals surface area contributed by atoms with E-state index in [4.69, 9.17) is 0 Å². The van der Waals surface area contributed by atoms with E-state index in [-0.39, 0.29) is 0 Å². The average Bonchev–Trinajstić information content (AvgIpc) is 2.58. The van der Waals surface area contributed by atoms with Crippen LogP contribution in [0.15, 0.2) is 30.6 Å². The number of nitrogens with zero attached hydrogens (tertiary/aromatic N) is 2. The van der Waals surface area contributed by atoms with Gasteiger partial charge in [0, 0.05) is 16.7 Å². The molecule has 0 amide bonds. The summed E-state index contributed by atoms with van der Waals surface area (Å²) in [4.78, 5) is 4.30. The van der Waals surface area contributed by atoms with Gasteiger partial charge in [0.05, 0.1) is 11.0 Å². The van der Waals surface area contributed by atoms with E-state index in [1.807, 2.05) is 35.3 Å². The predicted molar refractivity (Wildman–Crippen MR) is 60.9 cm³/mol. The lowest BCUT2D eigenvalue weighted by Gasteiger charge is -1.98. The third-order valence-corrected chi connectivity index (χ3v) is 3.97. The van der Waals surface area contributed by atoms with Crippen molar-refractivity contribution in [1.82, 2.24) is 8.96 Å². The van der Waals surface area contributed by atoms with E-state index in [1.54, 1.807) is 11.0 Å². The van der Waals surface area contributed by atoms with Crippen molar-refractivity contribution in [1.29, 1.82) is 0 Å². The number of hydrogen-bond acceptors (Lipinski definition) is 3. The zero-order valence-electron chi connectivity index (χ0n) is 7.30. The van der Waals surface area contributed by atoms with Crippen LogP contribution >= 0.6 is 21.8 Å². The second-order valence-electron chi connectivity index (χ2n) is 2.54. The van der Waals surface area contributed by atoms with Gasteiger partial charge in [0.2, 0.25) is 0 Å². The Labute approximate surface area is 85.3 Å². The number of hydrogen-bond donors (Lipinski definition) is 0. The summed E-state index contributed by atoms with van der Waals surface area (Å²) in [5.41, 5.74) is 2.25. The Kier molecular flexibility index (Phi) is 2.80. The lowest BCUT2D eigenvalue weighted by molar-refractivity contribution is 1.28. The van der Waals surface area contributed by atoms with E-state index in [0.29, 0.717) is 0 Å². The highest BCUT2D eigenvalue weighted by atomic mass is 33.1. The Hall–Kier alpha value is -0.610. The first-order valence-electron chi connectivity index (χ1n) is 4.14. The summed E-state index contributed by atoms with van der Waals surface area (Å²) in [5.74, 6) is 1.11. The highest BCUT2D eigenvalue weighted by molar-refractivity contribution is 8.76. The molecule has 1 aromatic heterocycles. The smallest absolute Gasteiger partial charge is 0.107 e. The van der Waals surface area contributed by atoms with Crippen molar-refractivity contribution in [2.24, 2.45) is 0 Å². The molecule has 1 heterocycles. The molecule has 0 aliphatic rings. The number of fused-ring (bicyclic) bond motifs is 1. The maximum Gasteiger partial charge on any atom is 0.107 e. The lowest BCUT2D eigenvalue weighted by atomic mass is 10.3. The van der Waals surface area contributed by atoms with Crippen molar-refractivity contribution in [3.8, 4) is 0 Å². The van der Waals surface area contributed by atoms with Crippen LogP contribution in [0.4, 0.5) is 0 Å². The molecule has 2 nitrogen and oxygen atoms in total. The van der Waals surface area contributed by atoms with Crippen LogP contribution in [0, 0.1) is 0 Å². The van der Waals surface area contributed by atoms with Gasteiger partial charge in [-0.3, -0.25) is 3.97 Å². The molecule has 68 valence electrons. The molecule has 0 aliphatic carbocycles. The second-order valence-corrected chi connectivity index (χ2v) is 5.05.